The van der Waals surface area contributed by atoms with E-state index in [0.29, 0.717) is 18.7 Å². The van der Waals surface area contributed by atoms with Crippen molar-refractivity contribution in [2.75, 3.05) is 10.6 Å². The Balaban J connectivity index is 1.48. The first-order valence-electron chi connectivity index (χ1n) is 10.0. The van der Waals surface area contributed by atoms with Crippen LogP contribution in [-0.2, 0) is 17.8 Å². The van der Waals surface area contributed by atoms with Crippen LogP contribution in [0.3, 0.4) is 0 Å². The van der Waals surface area contributed by atoms with Crippen molar-refractivity contribution in [2.45, 2.75) is 45.1 Å². The highest BCUT2D eigenvalue weighted by Crippen LogP contribution is 2.25. The lowest BCUT2D eigenvalue weighted by Crippen LogP contribution is -2.28. The Morgan fingerprint density at radius 2 is 1.69 bits per heavy atom. The van der Waals surface area contributed by atoms with Crippen molar-refractivity contribution in [3.8, 4) is 6.07 Å². The van der Waals surface area contributed by atoms with E-state index in [0.717, 1.165) is 42.5 Å². The molecule has 0 spiro atoms. The lowest BCUT2D eigenvalue weighted by molar-refractivity contribution is -0.120. The average Bonchev–Trinajstić information content (AvgIpc) is 2.75. The molecule has 0 unspecified atom stereocenters. The number of amides is 3. The minimum Gasteiger partial charge on any atom is -0.334 e. The summed E-state index contributed by atoms with van der Waals surface area (Å²) in [5.41, 5.74) is 3.24. The van der Waals surface area contributed by atoms with Gasteiger partial charge in [-0.1, -0.05) is 43.5 Å². The Bertz CT molecular complexity index is 880. The molecule has 0 aromatic heterocycles. The molecule has 0 bridgehead atoms. The third-order valence-corrected chi connectivity index (χ3v) is 5.12. The highest BCUT2D eigenvalue weighted by Gasteiger charge is 2.21. The van der Waals surface area contributed by atoms with Gasteiger partial charge < -0.3 is 16.0 Å². The average molecular weight is 390 g/mol. The van der Waals surface area contributed by atoms with E-state index in [9.17, 15) is 9.59 Å². The minimum atomic E-state index is -0.310. The number of hydrogen-bond donors (Lipinski definition) is 3. The van der Waals surface area contributed by atoms with Gasteiger partial charge in [0.15, 0.2) is 0 Å². The monoisotopic (exact) mass is 390 g/mol. The number of carbonyl (C=O) groups excluding carboxylic acids is 2. The summed E-state index contributed by atoms with van der Waals surface area (Å²) in [6.07, 6.45) is 5.74. The fraction of sp³-hybridized carbons (Fsp3) is 0.348. The summed E-state index contributed by atoms with van der Waals surface area (Å²) in [6, 6.07) is 16.5. The summed E-state index contributed by atoms with van der Waals surface area (Å²) in [4.78, 5) is 24.5. The number of carbonyl (C=O) groups is 2. The van der Waals surface area contributed by atoms with Crippen LogP contribution in [-0.4, -0.2) is 11.9 Å². The van der Waals surface area contributed by atoms with Crippen LogP contribution in [0.5, 0.6) is 0 Å². The molecule has 3 N–H and O–H groups in total. The number of anilines is 2. The van der Waals surface area contributed by atoms with Gasteiger partial charge in [0.1, 0.15) is 0 Å². The van der Waals surface area contributed by atoms with E-state index in [1.807, 2.05) is 36.4 Å². The van der Waals surface area contributed by atoms with Gasteiger partial charge in [0.2, 0.25) is 5.91 Å². The molecule has 2 aromatic carbocycles. The second-order valence-electron chi connectivity index (χ2n) is 7.36. The van der Waals surface area contributed by atoms with E-state index < -0.39 is 0 Å². The van der Waals surface area contributed by atoms with Crippen LogP contribution in [0.2, 0.25) is 0 Å². The molecule has 1 fully saturated rings. The zero-order valence-corrected chi connectivity index (χ0v) is 16.4. The Labute approximate surface area is 171 Å². The zero-order chi connectivity index (χ0) is 20.5. The topological polar surface area (TPSA) is 94.0 Å². The number of nitrogens with zero attached hydrogens (tertiary/aromatic N) is 1. The Hall–Kier alpha value is -3.33. The molecule has 3 rings (SSSR count). The van der Waals surface area contributed by atoms with Gasteiger partial charge in [-0.3, -0.25) is 4.79 Å². The van der Waals surface area contributed by atoms with Crippen LogP contribution in [0.15, 0.2) is 48.5 Å². The SMILES string of the molecule is N#CCc1ccc(NC(=O)NCc2cccc(NC(=O)C3CCCCC3)c2)cc1. The molecule has 6 heteroatoms. The van der Waals surface area contributed by atoms with Crippen LogP contribution in [0.25, 0.3) is 0 Å². The van der Waals surface area contributed by atoms with Crippen molar-refractivity contribution < 1.29 is 9.59 Å². The van der Waals surface area contributed by atoms with Gasteiger partial charge in [-0.15, -0.1) is 0 Å². The number of hydrogen-bond acceptors (Lipinski definition) is 3. The van der Waals surface area contributed by atoms with Gasteiger partial charge in [-0.05, 0) is 48.2 Å². The molecular weight excluding hydrogens is 364 g/mol. The van der Waals surface area contributed by atoms with E-state index in [2.05, 4.69) is 22.0 Å². The number of rotatable bonds is 6. The fourth-order valence-corrected chi connectivity index (χ4v) is 3.52. The molecule has 0 atom stereocenters. The van der Waals surface area contributed by atoms with Gasteiger partial charge >= 0.3 is 6.03 Å². The molecule has 29 heavy (non-hydrogen) atoms. The largest absolute Gasteiger partial charge is 0.334 e. The molecule has 1 aliphatic rings. The van der Waals surface area contributed by atoms with Gasteiger partial charge in [-0.2, -0.15) is 5.26 Å². The maximum Gasteiger partial charge on any atom is 0.319 e. The standard InChI is InChI=1S/C23H26N4O2/c24-14-13-17-9-11-20(12-10-17)27-23(29)25-16-18-5-4-8-21(15-18)26-22(28)19-6-2-1-3-7-19/h4-5,8-12,15,19H,1-3,6-7,13,16H2,(H,26,28)(H2,25,27,29). The van der Waals surface area contributed by atoms with Gasteiger partial charge in [0.05, 0.1) is 12.5 Å². The normalized spacial score (nSPS) is 13.9. The predicted octanol–water partition coefficient (Wildman–Crippen LogP) is 4.59. The Morgan fingerprint density at radius 3 is 2.41 bits per heavy atom. The molecule has 0 radical (unpaired) electrons. The highest BCUT2D eigenvalue weighted by atomic mass is 16.2. The van der Waals surface area contributed by atoms with Crippen molar-refractivity contribution in [1.82, 2.24) is 5.32 Å². The van der Waals surface area contributed by atoms with Crippen molar-refractivity contribution in [2.24, 2.45) is 5.92 Å². The first-order chi connectivity index (χ1) is 14.1. The summed E-state index contributed by atoms with van der Waals surface area (Å²) in [5, 5.41) is 17.3. The van der Waals surface area contributed by atoms with Crippen LogP contribution in [0, 0.1) is 17.2 Å². The van der Waals surface area contributed by atoms with Crippen molar-refractivity contribution >= 4 is 23.3 Å². The second-order valence-corrected chi connectivity index (χ2v) is 7.36. The quantitative estimate of drug-likeness (QED) is 0.673. The number of benzene rings is 2. The third-order valence-electron chi connectivity index (χ3n) is 5.12. The predicted molar refractivity (Wildman–Crippen MR) is 113 cm³/mol. The van der Waals surface area contributed by atoms with Crippen molar-refractivity contribution in [3.05, 3.63) is 59.7 Å². The van der Waals surface area contributed by atoms with E-state index in [1.165, 1.54) is 6.42 Å². The first kappa shape index (κ1) is 20.4. The van der Waals surface area contributed by atoms with Crippen LogP contribution >= 0.6 is 0 Å². The zero-order valence-electron chi connectivity index (χ0n) is 16.4. The smallest absolute Gasteiger partial charge is 0.319 e. The summed E-state index contributed by atoms with van der Waals surface area (Å²) in [7, 11) is 0. The molecular formula is C23H26N4O2. The van der Waals surface area contributed by atoms with E-state index in [4.69, 9.17) is 5.26 Å². The van der Waals surface area contributed by atoms with Gasteiger partial charge in [0.25, 0.3) is 0 Å². The Morgan fingerprint density at radius 1 is 0.931 bits per heavy atom. The van der Waals surface area contributed by atoms with Gasteiger partial charge in [0, 0.05) is 23.8 Å². The maximum absolute atomic E-state index is 12.4. The summed E-state index contributed by atoms with van der Waals surface area (Å²) < 4.78 is 0. The number of nitriles is 1. The second kappa shape index (κ2) is 10.3. The van der Waals surface area contributed by atoms with Crippen LogP contribution < -0.4 is 16.0 Å². The molecule has 3 amide bonds. The first-order valence-corrected chi connectivity index (χ1v) is 10.0. The van der Waals surface area contributed by atoms with Crippen molar-refractivity contribution in [3.63, 3.8) is 0 Å². The van der Waals surface area contributed by atoms with Crippen LogP contribution in [0.4, 0.5) is 16.2 Å². The highest BCUT2D eigenvalue weighted by molar-refractivity contribution is 5.92. The lowest BCUT2D eigenvalue weighted by Gasteiger charge is -2.20. The lowest BCUT2D eigenvalue weighted by atomic mass is 9.88. The van der Waals surface area contributed by atoms with Crippen molar-refractivity contribution in [1.29, 1.82) is 5.26 Å². The number of urea groups is 1. The maximum atomic E-state index is 12.4. The summed E-state index contributed by atoms with van der Waals surface area (Å²) in [6.45, 7) is 0.353. The van der Waals surface area contributed by atoms with Crippen LogP contribution in [0.1, 0.15) is 43.2 Å². The van der Waals surface area contributed by atoms with E-state index in [1.54, 1.807) is 12.1 Å². The molecule has 0 aliphatic heterocycles. The molecule has 150 valence electrons. The van der Waals surface area contributed by atoms with Gasteiger partial charge in [-0.25, -0.2) is 4.79 Å². The minimum absolute atomic E-state index is 0.0902. The summed E-state index contributed by atoms with van der Waals surface area (Å²) >= 11 is 0. The molecule has 0 heterocycles. The number of nitrogens with one attached hydrogen (secondary N) is 3. The molecule has 1 aliphatic carbocycles. The molecule has 2 aromatic rings. The molecule has 1 saturated carbocycles. The van der Waals surface area contributed by atoms with E-state index in [-0.39, 0.29) is 17.9 Å². The van der Waals surface area contributed by atoms with E-state index >= 15 is 0 Å². The molecule has 6 nitrogen and oxygen atoms in total. The summed E-state index contributed by atoms with van der Waals surface area (Å²) in [5.74, 6) is 0.197. The molecule has 0 saturated heterocycles. The third kappa shape index (κ3) is 6.35. The Kier molecular flexibility index (Phi) is 7.23. The fourth-order valence-electron chi connectivity index (χ4n) is 3.52.